The Morgan fingerprint density at radius 3 is 2.32 bits per heavy atom. The van der Waals surface area contributed by atoms with Crippen molar-refractivity contribution >= 4 is 22.4 Å². The maximum Gasteiger partial charge on any atom is 0.291 e. The van der Waals surface area contributed by atoms with Gasteiger partial charge in [0.2, 0.25) is 10.7 Å². The molecule has 0 fully saturated rings. The minimum absolute atomic E-state index is 0.239. The summed E-state index contributed by atoms with van der Waals surface area (Å²) in [4.78, 5) is 18.2. The summed E-state index contributed by atoms with van der Waals surface area (Å²) in [5, 5.41) is 4.44. The fraction of sp³-hybridized carbons (Fsp3) is 0.179. The molecule has 2 heterocycles. The molecule has 0 N–H and O–H groups in total. The summed E-state index contributed by atoms with van der Waals surface area (Å²) in [5.41, 5.74) is 3.56. The molecule has 0 aliphatic carbocycles. The SMILES string of the molecule is COc1cc(-c2nc3s/c(=C\c4cccc(OCc5ccc(C)cc5)c4)c(=O)n3n2)cc(OC)c1OC. The zero-order chi connectivity index (χ0) is 25.9. The van der Waals surface area contributed by atoms with E-state index in [1.54, 1.807) is 33.5 Å². The molecule has 8 nitrogen and oxygen atoms in total. The van der Waals surface area contributed by atoms with Crippen LogP contribution in [0.4, 0.5) is 0 Å². The third kappa shape index (κ3) is 4.99. The number of hydrogen-bond acceptors (Lipinski definition) is 8. The normalized spacial score (nSPS) is 11.6. The van der Waals surface area contributed by atoms with Crippen molar-refractivity contribution in [3.05, 3.63) is 92.2 Å². The Morgan fingerprint density at radius 2 is 1.68 bits per heavy atom. The summed E-state index contributed by atoms with van der Waals surface area (Å²) in [7, 11) is 4.62. The van der Waals surface area contributed by atoms with Crippen molar-refractivity contribution in [1.82, 2.24) is 14.6 Å². The van der Waals surface area contributed by atoms with Crippen LogP contribution in [0.1, 0.15) is 16.7 Å². The van der Waals surface area contributed by atoms with Crippen molar-refractivity contribution < 1.29 is 18.9 Å². The number of methoxy groups -OCH3 is 3. The number of thiazole rings is 1. The maximum absolute atomic E-state index is 13.1. The van der Waals surface area contributed by atoms with Crippen molar-refractivity contribution in [3.8, 4) is 34.4 Å². The second-order valence-corrected chi connectivity index (χ2v) is 9.32. The van der Waals surface area contributed by atoms with Crippen molar-refractivity contribution in [3.63, 3.8) is 0 Å². The lowest BCUT2D eigenvalue weighted by Gasteiger charge is -2.12. The van der Waals surface area contributed by atoms with Crippen LogP contribution < -0.4 is 29.0 Å². The molecule has 0 spiro atoms. The molecule has 37 heavy (non-hydrogen) atoms. The van der Waals surface area contributed by atoms with Crippen molar-refractivity contribution in [2.75, 3.05) is 21.3 Å². The quantitative estimate of drug-likeness (QED) is 0.305. The van der Waals surface area contributed by atoms with Gasteiger partial charge in [0.25, 0.3) is 5.56 Å². The zero-order valence-corrected chi connectivity index (χ0v) is 21.7. The first-order valence-corrected chi connectivity index (χ1v) is 12.3. The van der Waals surface area contributed by atoms with Gasteiger partial charge in [-0.15, -0.1) is 5.10 Å². The van der Waals surface area contributed by atoms with Crippen LogP contribution >= 0.6 is 11.3 Å². The number of rotatable bonds is 8. The minimum Gasteiger partial charge on any atom is -0.493 e. The molecular weight excluding hydrogens is 490 g/mol. The third-order valence-electron chi connectivity index (χ3n) is 5.79. The molecule has 0 unspecified atom stereocenters. The topological polar surface area (TPSA) is 84.2 Å². The highest BCUT2D eigenvalue weighted by Crippen LogP contribution is 2.40. The molecule has 0 amide bonds. The highest BCUT2D eigenvalue weighted by Gasteiger charge is 2.18. The lowest BCUT2D eigenvalue weighted by molar-refractivity contribution is 0.306. The summed E-state index contributed by atoms with van der Waals surface area (Å²) >= 11 is 1.27. The average molecular weight is 516 g/mol. The van der Waals surface area contributed by atoms with E-state index in [1.165, 1.54) is 21.4 Å². The van der Waals surface area contributed by atoms with Crippen molar-refractivity contribution in [2.45, 2.75) is 13.5 Å². The molecule has 9 heteroatoms. The first-order chi connectivity index (χ1) is 18.0. The van der Waals surface area contributed by atoms with Gasteiger partial charge in [-0.1, -0.05) is 53.3 Å². The number of nitrogens with zero attached hydrogens (tertiary/aromatic N) is 3. The molecule has 0 atom stereocenters. The van der Waals surface area contributed by atoms with Crippen LogP contribution in [0.25, 0.3) is 22.4 Å². The summed E-state index contributed by atoms with van der Waals surface area (Å²) in [6, 6.07) is 19.4. The van der Waals surface area contributed by atoms with Crippen LogP contribution in [0.5, 0.6) is 23.0 Å². The molecule has 0 aliphatic rings. The second kappa shape index (κ2) is 10.3. The standard InChI is InChI=1S/C28H25N3O5S/c1-17-8-10-18(11-9-17)16-36-21-7-5-6-19(12-21)13-24-27(32)31-28(37-24)29-26(30-31)20-14-22(33-2)25(35-4)23(15-20)34-3/h5-15H,16H2,1-4H3/b24-13-. The summed E-state index contributed by atoms with van der Waals surface area (Å²) in [6.07, 6.45) is 1.82. The van der Waals surface area contributed by atoms with Crippen LogP contribution in [0, 0.1) is 6.92 Å². The first kappa shape index (κ1) is 24.3. The average Bonchev–Trinajstić information content (AvgIpc) is 3.46. The Labute approximate surface area is 217 Å². The lowest BCUT2D eigenvalue weighted by atomic mass is 10.1. The predicted octanol–water partition coefficient (Wildman–Crippen LogP) is 4.28. The zero-order valence-electron chi connectivity index (χ0n) is 20.8. The molecule has 3 aromatic carbocycles. The monoisotopic (exact) mass is 515 g/mol. The molecular formula is C28H25N3O5S. The van der Waals surface area contributed by atoms with Gasteiger partial charge in [-0.05, 0) is 48.4 Å². The van der Waals surface area contributed by atoms with Gasteiger partial charge >= 0.3 is 0 Å². The van der Waals surface area contributed by atoms with E-state index in [1.807, 2.05) is 30.3 Å². The third-order valence-corrected chi connectivity index (χ3v) is 6.75. The van der Waals surface area contributed by atoms with E-state index in [0.29, 0.717) is 44.7 Å². The van der Waals surface area contributed by atoms with Gasteiger partial charge in [0, 0.05) is 5.56 Å². The Morgan fingerprint density at radius 1 is 0.946 bits per heavy atom. The highest BCUT2D eigenvalue weighted by atomic mass is 32.1. The molecule has 0 saturated heterocycles. The van der Waals surface area contributed by atoms with Crippen LogP contribution in [-0.2, 0) is 6.61 Å². The number of aryl methyl sites for hydroxylation is 1. The van der Waals surface area contributed by atoms with Gasteiger partial charge in [0.1, 0.15) is 12.4 Å². The molecule has 0 aliphatic heterocycles. The summed E-state index contributed by atoms with van der Waals surface area (Å²) < 4.78 is 24.0. The molecule has 0 bridgehead atoms. The van der Waals surface area contributed by atoms with E-state index in [9.17, 15) is 4.79 Å². The Hall–Kier alpha value is -4.37. The van der Waals surface area contributed by atoms with Gasteiger partial charge in [0.05, 0.1) is 25.9 Å². The van der Waals surface area contributed by atoms with Crippen molar-refractivity contribution in [2.24, 2.45) is 0 Å². The Kier molecular flexibility index (Phi) is 6.78. The van der Waals surface area contributed by atoms with Gasteiger partial charge < -0.3 is 18.9 Å². The Bertz CT molecular complexity index is 1650. The van der Waals surface area contributed by atoms with E-state index < -0.39 is 0 Å². The van der Waals surface area contributed by atoms with E-state index in [0.717, 1.165) is 16.9 Å². The largest absolute Gasteiger partial charge is 0.493 e. The number of ether oxygens (including phenoxy) is 4. The first-order valence-electron chi connectivity index (χ1n) is 11.5. The van der Waals surface area contributed by atoms with Crippen LogP contribution in [0.2, 0.25) is 0 Å². The number of fused-ring (bicyclic) bond motifs is 1. The number of benzene rings is 3. The van der Waals surface area contributed by atoms with E-state index in [2.05, 4.69) is 41.3 Å². The van der Waals surface area contributed by atoms with Gasteiger partial charge in [-0.3, -0.25) is 4.79 Å². The molecule has 188 valence electrons. The lowest BCUT2D eigenvalue weighted by Crippen LogP contribution is -2.23. The molecule has 5 aromatic rings. The summed E-state index contributed by atoms with van der Waals surface area (Å²) in [5.74, 6) is 2.56. The van der Waals surface area contributed by atoms with Crippen LogP contribution in [0.15, 0.2) is 65.5 Å². The summed E-state index contributed by atoms with van der Waals surface area (Å²) in [6.45, 7) is 2.52. The maximum atomic E-state index is 13.1. The van der Waals surface area contributed by atoms with E-state index in [4.69, 9.17) is 18.9 Å². The molecule has 0 saturated carbocycles. The molecule has 0 radical (unpaired) electrons. The molecule has 5 rings (SSSR count). The highest BCUT2D eigenvalue weighted by molar-refractivity contribution is 7.15. The minimum atomic E-state index is -0.239. The fourth-order valence-corrected chi connectivity index (χ4v) is 4.77. The second-order valence-electron chi connectivity index (χ2n) is 8.31. The van der Waals surface area contributed by atoms with Crippen molar-refractivity contribution in [1.29, 1.82) is 0 Å². The smallest absolute Gasteiger partial charge is 0.291 e. The number of aromatic nitrogens is 3. The predicted molar refractivity (Wildman–Crippen MR) is 143 cm³/mol. The van der Waals surface area contributed by atoms with Gasteiger partial charge in [0.15, 0.2) is 17.3 Å². The van der Waals surface area contributed by atoms with Gasteiger partial charge in [-0.25, -0.2) is 0 Å². The Balaban J connectivity index is 1.43. The van der Waals surface area contributed by atoms with Crippen LogP contribution in [-0.4, -0.2) is 35.9 Å². The fourth-order valence-electron chi connectivity index (χ4n) is 3.86. The number of hydrogen-bond donors (Lipinski definition) is 0. The van der Waals surface area contributed by atoms with E-state index >= 15 is 0 Å². The molecule has 2 aromatic heterocycles. The van der Waals surface area contributed by atoms with Crippen LogP contribution in [0.3, 0.4) is 0 Å². The van der Waals surface area contributed by atoms with E-state index in [-0.39, 0.29) is 5.56 Å². The van der Waals surface area contributed by atoms with Gasteiger partial charge in [-0.2, -0.15) is 9.50 Å².